The molecule has 0 spiro atoms. The molecule has 0 atom stereocenters. The minimum absolute atomic E-state index is 0.000862. The number of carbonyl (C=O) groups excluding carboxylic acids is 1. The molecule has 1 aromatic heterocycles. The molecular weight excluding hydrogens is 594 g/mol. The third kappa shape index (κ3) is 7.09. The monoisotopic (exact) mass is 628 g/mol. The zero-order chi connectivity index (χ0) is 30.8. The van der Waals surface area contributed by atoms with Crippen LogP contribution in [0.5, 0.6) is 5.75 Å². The van der Waals surface area contributed by atoms with Crippen molar-refractivity contribution >= 4 is 50.7 Å². The lowest BCUT2D eigenvalue weighted by Gasteiger charge is -2.34. The van der Waals surface area contributed by atoms with Crippen LogP contribution in [0.4, 0.5) is 8.78 Å². The molecule has 1 saturated carbocycles. The highest BCUT2D eigenvalue weighted by molar-refractivity contribution is 7.98. The average molecular weight is 629 g/mol. The molecule has 1 amide bonds. The van der Waals surface area contributed by atoms with Crippen molar-refractivity contribution in [2.45, 2.75) is 49.6 Å². The Morgan fingerprint density at radius 3 is 2.38 bits per heavy atom. The van der Waals surface area contributed by atoms with Crippen LogP contribution in [0.1, 0.15) is 47.3 Å². The van der Waals surface area contributed by atoms with Gasteiger partial charge in [-0.1, -0.05) is 55.1 Å². The fraction of sp³-hybridized carbons (Fsp3) is 0.303. The summed E-state index contributed by atoms with van der Waals surface area (Å²) in [4.78, 5) is 17.2. The second-order valence-electron chi connectivity index (χ2n) is 9.43. The molecule has 0 bridgehead atoms. The van der Waals surface area contributed by atoms with Crippen molar-refractivity contribution in [1.29, 1.82) is 0 Å². The summed E-state index contributed by atoms with van der Waals surface area (Å²) in [7, 11) is 3.12. The largest absolute Gasteiger partial charge is 0.496 e. The van der Waals surface area contributed by atoms with Crippen molar-refractivity contribution in [2.24, 2.45) is 5.73 Å². The molecular formula is C33H35ClF2N2O2S2. The van der Waals surface area contributed by atoms with E-state index in [9.17, 15) is 13.6 Å². The molecule has 222 valence electrons. The van der Waals surface area contributed by atoms with E-state index in [2.05, 4.69) is 36.8 Å². The Bertz CT molecular complexity index is 1530. The first-order valence-electron chi connectivity index (χ1n) is 13.5. The van der Waals surface area contributed by atoms with Crippen molar-refractivity contribution in [2.75, 3.05) is 20.4 Å². The van der Waals surface area contributed by atoms with Crippen molar-refractivity contribution in [3.63, 3.8) is 0 Å². The predicted molar refractivity (Wildman–Crippen MR) is 174 cm³/mol. The third-order valence-electron chi connectivity index (χ3n) is 7.19. The van der Waals surface area contributed by atoms with Gasteiger partial charge in [-0.05, 0) is 67.6 Å². The molecule has 1 aliphatic carbocycles. The molecule has 1 aliphatic rings. The number of hydrogen-bond acceptors (Lipinski definition) is 5. The number of nitrogens with two attached hydrogens (primary N) is 1. The zero-order valence-corrected chi connectivity index (χ0v) is 26.4. The van der Waals surface area contributed by atoms with Crippen molar-refractivity contribution in [3.8, 4) is 29.7 Å². The molecule has 0 unspecified atom stereocenters. The minimum atomic E-state index is -0.632. The second kappa shape index (κ2) is 15.9. The van der Waals surface area contributed by atoms with Gasteiger partial charge in [0.05, 0.1) is 22.2 Å². The molecule has 5 rings (SSSR count). The van der Waals surface area contributed by atoms with Crippen LogP contribution >= 0.6 is 34.7 Å². The van der Waals surface area contributed by atoms with Gasteiger partial charge in [0.25, 0.3) is 5.91 Å². The Labute approximate surface area is 260 Å². The Morgan fingerprint density at radius 1 is 1.07 bits per heavy atom. The Hall–Kier alpha value is -3.09. The van der Waals surface area contributed by atoms with Gasteiger partial charge in [-0.3, -0.25) is 4.79 Å². The summed E-state index contributed by atoms with van der Waals surface area (Å²) < 4.78 is 34.9. The maximum absolute atomic E-state index is 14.6. The normalized spacial score (nSPS) is 13.0. The van der Waals surface area contributed by atoms with E-state index in [0.717, 1.165) is 77.2 Å². The summed E-state index contributed by atoms with van der Waals surface area (Å²) >= 11 is 9.14. The topological polar surface area (TPSA) is 55.6 Å². The Balaban J connectivity index is 0.00000116. The van der Waals surface area contributed by atoms with Crippen LogP contribution in [0.2, 0.25) is 5.02 Å². The van der Waals surface area contributed by atoms with E-state index in [1.165, 1.54) is 7.05 Å². The Kier molecular flexibility index (Phi) is 12.7. The number of rotatable bonds is 7. The number of benzene rings is 3. The first-order valence-corrected chi connectivity index (χ1v) is 15.9. The standard InChI is InChI=1S/C30H28ClF2NO2S2.C2H2.CH5N/c1-36-24-15-12-18(21-10-6-7-11-25(21)37-2)16-19(24)17-34(20-8-4-3-5-9-20)30(35)29-27(31)26-22(32)13-14-23(33)28(26)38-29;2*1-2/h6-7,10-16,20H,3-5,8-9,17H2,1-2H3;1-2H;2H2,1H3. The molecule has 4 nitrogen and oxygen atoms in total. The van der Waals surface area contributed by atoms with E-state index in [0.29, 0.717) is 12.3 Å². The number of methoxy groups -OCH3 is 1. The first kappa shape index (κ1) is 33.4. The number of fused-ring (bicyclic) bond motifs is 1. The Morgan fingerprint density at radius 2 is 1.74 bits per heavy atom. The summed E-state index contributed by atoms with van der Waals surface area (Å²) in [6.07, 6.45) is 15.0. The van der Waals surface area contributed by atoms with Crippen LogP contribution in [0.3, 0.4) is 0 Å². The number of hydrogen-bond donors (Lipinski definition) is 1. The number of terminal acetylenes is 1. The van der Waals surface area contributed by atoms with Gasteiger partial charge in [0.1, 0.15) is 22.3 Å². The average Bonchev–Trinajstić information content (AvgIpc) is 3.41. The van der Waals surface area contributed by atoms with Gasteiger partial charge in [0, 0.05) is 23.0 Å². The van der Waals surface area contributed by atoms with Gasteiger partial charge in [-0.2, -0.15) is 0 Å². The smallest absolute Gasteiger partial charge is 0.266 e. The van der Waals surface area contributed by atoms with E-state index in [1.54, 1.807) is 18.9 Å². The molecule has 2 N–H and O–H groups in total. The summed E-state index contributed by atoms with van der Waals surface area (Å²) in [6.45, 7) is 0.303. The highest BCUT2D eigenvalue weighted by Gasteiger charge is 2.31. The van der Waals surface area contributed by atoms with E-state index in [-0.39, 0.29) is 31.9 Å². The fourth-order valence-electron chi connectivity index (χ4n) is 5.26. The lowest BCUT2D eigenvalue weighted by atomic mass is 9.93. The molecule has 0 aliphatic heterocycles. The molecule has 0 radical (unpaired) electrons. The van der Waals surface area contributed by atoms with Crippen LogP contribution in [0.15, 0.2) is 59.5 Å². The predicted octanol–water partition coefficient (Wildman–Crippen LogP) is 9.03. The molecule has 1 heterocycles. The second-order valence-corrected chi connectivity index (χ2v) is 11.7. The summed E-state index contributed by atoms with van der Waals surface area (Å²) in [6, 6.07) is 16.4. The first-order chi connectivity index (χ1) is 20.4. The molecule has 42 heavy (non-hydrogen) atoms. The molecule has 1 fully saturated rings. The number of halogens is 3. The van der Waals surface area contributed by atoms with E-state index >= 15 is 0 Å². The number of thiophene rings is 1. The van der Waals surface area contributed by atoms with Gasteiger partial charge < -0.3 is 15.4 Å². The van der Waals surface area contributed by atoms with Gasteiger partial charge in [0.15, 0.2) is 0 Å². The van der Waals surface area contributed by atoms with Crippen LogP contribution in [0, 0.1) is 24.5 Å². The van der Waals surface area contributed by atoms with Crippen LogP contribution in [-0.4, -0.2) is 37.3 Å². The molecule has 3 aromatic carbocycles. The van der Waals surface area contributed by atoms with E-state index in [1.807, 2.05) is 35.4 Å². The van der Waals surface area contributed by atoms with E-state index < -0.39 is 11.6 Å². The number of carbonyl (C=O) groups is 1. The minimum Gasteiger partial charge on any atom is -0.496 e. The van der Waals surface area contributed by atoms with Crippen molar-refractivity contribution < 1.29 is 18.3 Å². The summed E-state index contributed by atoms with van der Waals surface area (Å²) in [5.74, 6) is -0.839. The van der Waals surface area contributed by atoms with Gasteiger partial charge in [-0.15, -0.1) is 35.9 Å². The summed E-state index contributed by atoms with van der Waals surface area (Å²) in [5.41, 5.74) is 7.51. The molecule has 9 heteroatoms. The van der Waals surface area contributed by atoms with Gasteiger partial charge in [0.2, 0.25) is 0 Å². The maximum atomic E-state index is 14.6. The van der Waals surface area contributed by atoms with Crippen molar-refractivity contribution in [3.05, 3.63) is 81.7 Å². The lowest BCUT2D eigenvalue weighted by molar-refractivity contribution is 0.0618. The maximum Gasteiger partial charge on any atom is 0.266 e. The van der Waals surface area contributed by atoms with Gasteiger partial charge in [-0.25, -0.2) is 8.78 Å². The molecule has 4 aromatic rings. The highest BCUT2D eigenvalue weighted by Crippen LogP contribution is 2.41. The van der Waals surface area contributed by atoms with Crippen LogP contribution in [-0.2, 0) is 6.54 Å². The number of thioether (sulfide) groups is 1. The van der Waals surface area contributed by atoms with Crippen LogP contribution in [0.25, 0.3) is 21.2 Å². The highest BCUT2D eigenvalue weighted by atomic mass is 35.5. The fourth-order valence-corrected chi connectivity index (χ4v) is 7.39. The third-order valence-corrected chi connectivity index (χ3v) is 9.66. The zero-order valence-electron chi connectivity index (χ0n) is 24.0. The lowest BCUT2D eigenvalue weighted by Crippen LogP contribution is -2.40. The quantitative estimate of drug-likeness (QED) is 0.164. The van der Waals surface area contributed by atoms with Gasteiger partial charge >= 0.3 is 0 Å². The van der Waals surface area contributed by atoms with Crippen LogP contribution < -0.4 is 10.5 Å². The SMILES string of the molecule is C#C.CN.COc1ccc(-c2ccccc2SC)cc1CN(C(=O)c1sc2c(F)ccc(F)c2c1Cl)C1CCCCC1. The van der Waals surface area contributed by atoms with E-state index in [4.69, 9.17) is 16.3 Å². The number of nitrogens with zero attached hydrogens (tertiary/aromatic N) is 1. The molecule has 0 saturated heterocycles. The summed E-state index contributed by atoms with van der Waals surface area (Å²) in [5, 5.41) is -0.0562. The number of amides is 1. The number of ether oxygens (including phenoxy) is 1. The van der Waals surface area contributed by atoms with Crippen molar-refractivity contribution in [1.82, 2.24) is 4.90 Å².